The molecule has 0 spiro atoms. The monoisotopic (exact) mass is 274 g/mol. The van der Waals surface area contributed by atoms with Crippen LogP contribution in [-0.4, -0.2) is 11.6 Å². The average Bonchev–Trinajstić information content (AvgIpc) is 2.75. The van der Waals surface area contributed by atoms with Gasteiger partial charge in [-0.3, -0.25) is 9.59 Å². The molecule has 2 heteroatoms. The Labute approximate surface area is 122 Å². The summed E-state index contributed by atoms with van der Waals surface area (Å²) >= 11 is 0. The van der Waals surface area contributed by atoms with Crippen LogP contribution in [0.3, 0.4) is 0 Å². The van der Waals surface area contributed by atoms with E-state index >= 15 is 0 Å². The Bertz CT molecular complexity index is 377. The molecule has 0 unspecified atom stereocenters. The summed E-state index contributed by atoms with van der Waals surface area (Å²) in [6.45, 7) is 0. The SMILES string of the molecule is O=C1CC23CCCC/C=C\CCCCC2(C1)CC(=O)C3. The van der Waals surface area contributed by atoms with E-state index in [9.17, 15) is 9.59 Å². The maximum atomic E-state index is 12.1. The summed E-state index contributed by atoms with van der Waals surface area (Å²) in [5, 5.41) is 0. The predicted molar refractivity (Wildman–Crippen MR) is 79.4 cm³/mol. The van der Waals surface area contributed by atoms with Crippen molar-refractivity contribution in [1.82, 2.24) is 0 Å². The van der Waals surface area contributed by atoms with E-state index in [0.29, 0.717) is 37.2 Å². The number of hydrogen-bond donors (Lipinski definition) is 0. The third kappa shape index (κ3) is 2.38. The minimum absolute atomic E-state index is 0.0457. The fraction of sp³-hybridized carbons (Fsp3) is 0.778. The van der Waals surface area contributed by atoms with Crippen LogP contribution in [-0.2, 0) is 9.59 Å². The Morgan fingerprint density at radius 1 is 0.650 bits per heavy atom. The summed E-state index contributed by atoms with van der Waals surface area (Å²) in [6.07, 6.45) is 16.6. The third-order valence-electron chi connectivity index (χ3n) is 5.99. The molecule has 3 aliphatic carbocycles. The van der Waals surface area contributed by atoms with Crippen molar-refractivity contribution in [3.05, 3.63) is 12.2 Å². The fourth-order valence-corrected chi connectivity index (χ4v) is 5.08. The Balaban J connectivity index is 1.85. The summed E-state index contributed by atoms with van der Waals surface area (Å²) in [5.41, 5.74) is 0.0914. The van der Waals surface area contributed by atoms with E-state index < -0.39 is 0 Å². The smallest absolute Gasteiger partial charge is 0.134 e. The lowest BCUT2D eigenvalue weighted by Gasteiger charge is -2.40. The first-order valence-corrected chi connectivity index (χ1v) is 8.34. The molecule has 0 N–H and O–H groups in total. The number of allylic oxidation sites excluding steroid dienone is 2. The van der Waals surface area contributed by atoms with Crippen LogP contribution in [0.1, 0.15) is 77.0 Å². The Hall–Kier alpha value is -0.920. The van der Waals surface area contributed by atoms with Crippen LogP contribution >= 0.6 is 0 Å². The Kier molecular flexibility index (Phi) is 3.83. The summed E-state index contributed by atoms with van der Waals surface area (Å²) in [5.74, 6) is 0.844. The Morgan fingerprint density at radius 2 is 1.05 bits per heavy atom. The summed E-state index contributed by atoms with van der Waals surface area (Å²) in [7, 11) is 0. The van der Waals surface area contributed by atoms with Crippen molar-refractivity contribution < 1.29 is 9.59 Å². The number of carbonyl (C=O) groups is 2. The highest BCUT2D eigenvalue weighted by Gasteiger charge is 2.61. The number of carbonyl (C=O) groups excluding carboxylic acids is 2. The van der Waals surface area contributed by atoms with Crippen LogP contribution in [0.2, 0.25) is 0 Å². The second kappa shape index (κ2) is 5.46. The van der Waals surface area contributed by atoms with Gasteiger partial charge in [-0.05, 0) is 49.4 Å². The first-order chi connectivity index (χ1) is 9.66. The van der Waals surface area contributed by atoms with Gasteiger partial charge in [-0.1, -0.05) is 25.0 Å². The molecule has 0 atom stereocenters. The van der Waals surface area contributed by atoms with Gasteiger partial charge in [0.15, 0.2) is 0 Å². The van der Waals surface area contributed by atoms with Crippen molar-refractivity contribution >= 4 is 11.6 Å². The van der Waals surface area contributed by atoms with Crippen LogP contribution in [0.15, 0.2) is 12.2 Å². The zero-order valence-corrected chi connectivity index (χ0v) is 12.5. The lowest BCUT2D eigenvalue weighted by atomic mass is 9.63. The second-order valence-corrected chi connectivity index (χ2v) is 7.31. The van der Waals surface area contributed by atoms with Crippen LogP contribution in [0.25, 0.3) is 0 Å². The zero-order valence-electron chi connectivity index (χ0n) is 12.5. The van der Waals surface area contributed by atoms with Crippen molar-refractivity contribution in [3.63, 3.8) is 0 Å². The summed E-state index contributed by atoms with van der Waals surface area (Å²) < 4.78 is 0. The van der Waals surface area contributed by atoms with Gasteiger partial charge in [0, 0.05) is 25.7 Å². The number of rotatable bonds is 0. The van der Waals surface area contributed by atoms with E-state index in [1.807, 2.05) is 0 Å². The Morgan fingerprint density at radius 3 is 1.45 bits per heavy atom. The largest absolute Gasteiger partial charge is 0.300 e. The van der Waals surface area contributed by atoms with Crippen LogP contribution < -0.4 is 0 Å². The minimum atomic E-state index is 0.0457. The van der Waals surface area contributed by atoms with Crippen LogP contribution in [0.4, 0.5) is 0 Å². The summed E-state index contributed by atoms with van der Waals surface area (Å²) in [4.78, 5) is 24.3. The van der Waals surface area contributed by atoms with Crippen molar-refractivity contribution in [1.29, 1.82) is 0 Å². The molecule has 2 fully saturated rings. The maximum Gasteiger partial charge on any atom is 0.134 e. The van der Waals surface area contributed by atoms with Crippen molar-refractivity contribution in [2.75, 3.05) is 0 Å². The molecular weight excluding hydrogens is 248 g/mol. The lowest BCUT2D eigenvalue weighted by molar-refractivity contribution is -0.120. The molecule has 0 aromatic rings. The minimum Gasteiger partial charge on any atom is -0.300 e. The molecule has 110 valence electrons. The average molecular weight is 274 g/mol. The van der Waals surface area contributed by atoms with Crippen LogP contribution in [0.5, 0.6) is 0 Å². The molecule has 20 heavy (non-hydrogen) atoms. The van der Waals surface area contributed by atoms with E-state index in [1.165, 1.54) is 25.7 Å². The maximum absolute atomic E-state index is 12.1. The van der Waals surface area contributed by atoms with E-state index in [0.717, 1.165) is 25.7 Å². The molecule has 0 bridgehead atoms. The highest BCUT2D eigenvalue weighted by Crippen LogP contribution is 2.65. The predicted octanol–water partition coefficient (Wildman–Crippen LogP) is 4.38. The lowest BCUT2D eigenvalue weighted by Crippen LogP contribution is -2.32. The van der Waals surface area contributed by atoms with Gasteiger partial charge in [-0.25, -0.2) is 0 Å². The van der Waals surface area contributed by atoms with Gasteiger partial charge in [-0.2, -0.15) is 0 Å². The quantitative estimate of drug-likeness (QED) is 0.614. The second-order valence-electron chi connectivity index (χ2n) is 7.31. The van der Waals surface area contributed by atoms with E-state index in [2.05, 4.69) is 12.2 Å². The molecule has 0 aromatic carbocycles. The number of ketones is 2. The molecule has 2 nitrogen and oxygen atoms in total. The highest BCUT2D eigenvalue weighted by atomic mass is 16.1. The topological polar surface area (TPSA) is 34.1 Å². The fourth-order valence-electron chi connectivity index (χ4n) is 5.08. The molecule has 0 aromatic heterocycles. The van der Waals surface area contributed by atoms with Crippen molar-refractivity contribution in [2.45, 2.75) is 77.0 Å². The molecule has 0 amide bonds. The van der Waals surface area contributed by atoms with Gasteiger partial charge in [-0.15, -0.1) is 0 Å². The van der Waals surface area contributed by atoms with Gasteiger partial charge in [0.05, 0.1) is 0 Å². The molecule has 2 saturated carbocycles. The molecule has 0 aliphatic heterocycles. The number of hydrogen-bond acceptors (Lipinski definition) is 2. The molecule has 3 rings (SSSR count). The van der Waals surface area contributed by atoms with Crippen molar-refractivity contribution in [2.24, 2.45) is 10.8 Å². The van der Waals surface area contributed by atoms with Gasteiger partial charge >= 0.3 is 0 Å². The van der Waals surface area contributed by atoms with E-state index in [-0.39, 0.29) is 10.8 Å². The molecule has 0 saturated heterocycles. The van der Waals surface area contributed by atoms with E-state index in [4.69, 9.17) is 0 Å². The molecule has 3 aliphatic rings. The van der Waals surface area contributed by atoms with Crippen LogP contribution in [0, 0.1) is 10.8 Å². The first kappa shape index (κ1) is 14.0. The van der Waals surface area contributed by atoms with Gasteiger partial charge in [0.2, 0.25) is 0 Å². The third-order valence-corrected chi connectivity index (χ3v) is 5.99. The molecular formula is C18H26O2. The zero-order chi connectivity index (χ0) is 14.1. The summed E-state index contributed by atoms with van der Waals surface area (Å²) in [6, 6.07) is 0. The first-order valence-electron chi connectivity index (χ1n) is 8.34. The van der Waals surface area contributed by atoms with Gasteiger partial charge in [0.1, 0.15) is 11.6 Å². The molecule has 0 heterocycles. The van der Waals surface area contributed by atoms with Gasteiger partial charge < -0.3 is 0 Å². The normalized spacial score (nSPS) is 40.6. The van der Waals surface area contributed by atoms with E-state index in [1.54, 1.807) is 0 Å². The standard InChI is InChI=1S/C18H26O2/c19-15-11-17-9-7-5-3-1-2-4-6-8-10-18(17,13-15)14-16(20)12-17/h1-2H,3-14H2/b2-1-. The molecule has 0 radical (unpaired) electrons. The van der Waals surface area contributed by atoms with Gasteiger partial charge in [0.25, 0.3) is 0 Å². The number of Topliss-reactive ketones (excluding diaryl/α,β-unsaturated/α-hetero) is 2. The highest BCUT2D eigenvalue weighted by molar-refractivity contribution is 5.91. The van der Waals surface area contributed by atoms with Crippen molar-refractivity contribution in [3.8, 4) is 0 Å².